The second-order valence-electron chi connectivity index (χ2n) is 4.12. The Morgan fingerprint density at radius 2 is 1.84 bits per heavy atom. The highest BCUT2D eigenvalue weighted by atomic mass is 35.5. The SMILES string of the molecule is Cl.NCCCCCc1nc(-c2ccc(Cl)cc2)no1. The van der Waals surface area contributed by atoms with Gasteiger partial charge in [0.05, 0.1) is 0 Å². The zero-order chi connectivity index (χ0) is 12.8. The highest BCUT2D eigenvalue weighted by Gasteiger charge is 2.07. The first kappa shape index (κ1) is 16.0. The summed E-state index contributed by atoms with van der Waals surface area (Å²) < 4.78 is 5.20. The third-order valence-electron chi connectivity index (χ3n) is 2.67. The Balaban J connectivity index is 0.00000180. The van der Waals surface area contributed by atoms with E-state index in [0.717, 1.165) is 37.8 Å². The van der Waals surface area contributed by atoms with Crippen molar-refractivity contribution in [1.82, 2.24) is 10.1 Å². The summed E-state index contributed by atoms with van der Waals surface area (Å²) in [7, 11) is 0. The van der Waals surface area contributed by atoms with E-state index in [0.29, 0.717) is 16.7 Å². The molecule has 0 saturated heterocycles. The van der Waals surface area contributed by atoms with Gasteiger partial charge in [-0.2, -0.15) is 4.98 Å². The second-order valence-corrected chi connectivity index (χ2v) is 4.55. The quantitative estimate of drug-likeness (QED) is 0.830. The third-order valence-corrected chi connectivity index (χ3v) is 2.92. The van der Waals surface area contributed by atoms with Crippen molar-refractivity contribution in [2.24, 2.45) is 5.73 Å². The second kappa shape index (κ2) is 8.15. The lowest BCUT2D eigenvalue weighted by atomic mass is 10.2. The molecule has 1 aromatic carbocycles. The Hall–Kier alpha value is -1.10. The van der Waals surface area contributed by atoms with Crippen LogP contribution in [0.15, 0.2) is 28.8 Å². The van der Waals surface area contributed by atoms with Gasteiger partial charge in [0.1, 0.15) is 0 Å². The maximum Gasteiger partial charge on any atom is 0.226 e. The van der Waals surface area contributed by atoms with Crippen LogP contribution in [-0.4, -0.2) is 16.7 Å². The van der Waals surface area contributed by atoms with Crippen molar-refractivity contribution < 1.29 is 4.52 Å². The normalized spacial score (nSPS) is 10.2. The van der Waals surface area contributed by atoms with Gasteiger partial charge >= 0.3 is 0 Å². The fourth-order valence-corrected chi connectivity index (χ4v) is 1.80. The average molecular weight is 302 g/mol. The predicted octanol–water partition coefficient (Wildman–Crippen LogP) is 3.48. The molecule has 0 radical (unpaired) electrons. The maximum atomic E-state index is 5.83. The Morgan fingerprint density at radius 3 is 2.53 bits per heavy atom. The summed E-state index contributed by atoms with van der Waals surface area (Å²) in [5, 5.41) is 4.66. The van der Waals surface area contributed by atoms with Gasteiger partial charge in [-0.05, 0) is 43.7 Å². The zero-order valence-electron chi connectivity index (χ0n) is 10.5. The van der Waals surface area contributed by atoms with Crippen LogP contribution in [0.3, 0.4) is 0 Å². The number of halogens is 2. The van der Waals surface area contributed by atoms with E-state index in [1.165, 1.54) is 0 Å². The van der Waals surface area contributed by atoms with E-state index in [2.05, 4.69) is 10.1 Å². The number of aryl methyl sites for hydroxylation is 1. The summed E-state index contributed by atoms with van der Waals surface area (Å²) in [5.74, 6) is 1.29. The molecule has 2 aromatic rings. The van der Waals surface area contributed by atoms with E-state index in [1.807, 2.05) is 24.3 Å². The van der Waals surface area contributed by atoms with Crippen LogP contribution >= 0.6 is 24.0 Å². The average Bonchev–Trinajstić information content (AvgIpc) is 2.84. The molecule has 0 atom stereocenters. The minimum absolute atomic E-state index is 0. The van der Waals surface area contributed by atoms with Gasteiger partial charge in [0.25, 0.3) is 0 Å². The van der Waals surface area contributed by atoms with Crippen LogP contribution in [0.5, 0.6) is 0 Å². The van der Waals surface area contributed by atoms with Crippen molar-refractivity contribution in [1.29, 1.82) is 0 Å². The number of nitrogens with zero attached hydrogens (tertiary/aromatic N) is 2. The summed E-state index contributed by atoms with van der Waals surface area (Å²) in [6.45, 7) is 0.736. The van der Waals surface area contributed by atoms with Crippen LogP contribution in [0.4, 0.5) is 0 Å². The largest absolute Gasteiger partial charge is 0.339 e. The van der Waals surface area contributed by atoms with E-state index in [1.54, 1.807) is 0 Å². The summed E-state index contributed by atoms with van der Waals surface area (Å²) in [4.78, 5) is 4.36. The van der Waals surface area contributed by atoms with Gasteiger partial charge in [0.15, 0.2) is 0 Å². The van der Waals surface area contributed by atoms with Crippen molar-refractivity contribution >= 4 is 24.0 Å². The van der Waals surface area contributed by atoms with Crippen LogP contribution in [0.1, 0.15) is 25.2 Å². The number of rotatable bonds is 6. The van der Waals surface area contributed by atoms with Crippen molar-refractivity contribution in [2.75, 3.05) is 6.54 Å². The molecular formula is C13H17Cl2N3O. The summed E-state index contributed by atoms with van der Waals surface area (Å²) in [6.07, 6.45) is 3.97. The first-order valence-electron chi connectivity index (χ1n) is 6.08. The van der Waals surface area contributed by atoms with E-state index in [4.69, 9.17) is 21.9 Å². The molecule has 0 aliphatic carbocycles. The molecule has 0 amide bonds. The minimum Gasteiger partial charge on any atom is -0.339 e. The lowest BCUT2D eigenvalue weighted by molar-refractivity contribution is 0.374. The first-order valence-corrected chi connectivity index (χ1v) is 6.46. The Morgan fingerprint density at radius 1 is 1.11 bits per heavy atom. The lowest BCUT2D eigenvalue weighted by Crippen LogP contribution is -1.98. The van der Waals surface area contributed by atoms with Crippen LogP contribution < -0.4 is 5.73 Å². The Bertz CT molecular complexity index is 485. The van der Waals surface area contributed by atoms with E-state index in [9.17, 15) is 0 Å². The standard InChI is InChI=1S/C13H16ClN3O.ClH/c14-11-7-5-10(6-8-11)13-16-12(18-17-13)4-2-1-3-9-15;/h5-8H,1-4,9,15H2;1H. The smallest absolute Gasteiger partial charge is 0.226 e. The summed E-state index contributed by atoms with van der Waals surface area (Å²) >= 11 is 5.83. The summed E-state index contributed by atoms with van der Waals surface area (Å²) in [5.41, 5.74) is 6.35. The topological polar surface area (TPSA) is 64.9 Å². The molecule has 2 N–H and O–H groups in total. The summed E-state index contributed by atoms with van der Waals surface area (Å²) in [6, 6.07) is 7.39. The van der Waals surface area contributed by atoms with E-state index < -0.39 is 0 Å². The monoisotopic (exact) mass is 301 g/mol. The van der Waals surface area contributed by atoms with Gasteiger partial charge in [-0.3, -0.25) is 0 Å². The molecule has 6 heteroatoms. The molecule has 19 heavy (non-hydrogen) atoms. The number of nitrogens with two attached hydrogens (primary N) is 1. The number of unbranched alkanes of at least 4 members (excludes halogenated alkanes) is 2. The fourth-order valence-electron chi connectivity index (χ4n) is 1.67. The molecule has 0 saturated carbocycles. The molecule has 104 valence electrons. The Labute approximate surface area is 123 Å². The molecule has 1 aromatic heterocycles. The molecule has 2 rings (SSSR count). The third kappa shape index (κ3) is 4.82. The van der Waals surface area contributed by atoms with Crippen molar-refractivity contribution in [2.45, 2.75) is 25.7 Å². The van der Waals surface area contributed by atoms with Crippen LogP contribution in [0.25, 0.3) is 11.4 Å². The molecule has 0 aliphatic rings. The molecule has 0 aliphatic heterocycles. The first-order chi connectivity index (χ1) is 8.79. The molecule has 0 bridgehead atoms. The van der Waals surface area contributed by atoms with Crippen LogP contribution in [0.2, 0.25) is 5.02 Å². The number of hydrogen-bond donors (Lipinski definition) is 1. The lowest BCUT2D eigenvalue weighted by Gasteiger charge is -1.94. The van der Waals surface area contributed by atoms with Crippen molar-refractivity contribution in [3.8, 4) is 11.4 Å². The zero-order valence-corrected chi connectivity index (χ0v) is 12.1. The van der Waals surface area contributed by atoms with E-state index in [-0.39, 0.29) is 12.4 Å². The van der Waals surface area contributed by atoms with Gasteiger partial charge in [0, 0.05) is 17.0 Å². The minimum atomic E-state index is 0. The van der Waals surface area contributed by atoms with Gasteiger partial charge in [-0.15, -0.1) is 12.4 Å². The highest BCUT2D eigenvalue weighted by Crippen LogP contribution is 2.19. The number of aromatic nitrogens is 2. The molecular weight excluding hydrogens is 285 g/mol. The van der Waals surface area contributed by atoms with Crippen molar-refractivity contribution in [3.63, 3.8) is 0 Å². The van der Waals surface area contributed by atoms with Crippen molar-refractivity contribution in [3.05, 3.63) is 35.2 Å². The van der Waals surface area contributed by atoms with Gasteiger partial charge in [0.2, 0.25) is 11.7 Å². The van der Waals surface area contributed by atoms with Gasteiger partial charge < -0.3 is 10.3 Å². The van der Waals surface area contributed by atoms with Crippen LogP contribution in [0, 0.1) is 0 Å². The Kier molecular flexibility index (Phi) is 6.84. The molecule has 1 heterocycles. The van der Waals surface area contributed by atoms with Crippen LogP contribution in [-0.2, 0) is 6.42 Å². The van der Waals surface area contributed by atoms with E-state index >= 15 is 0 Å². The molecule has 4 nitrogen and oxygen atoms in total. The van der Waals surface area contributed by atoms with Gasteiger partial charge in [-0.25, -0.2) is 0 Å². The maximum absolute atomic E-state index is 5.83. The van der Waals surface area contributed by atoms with Gasteiger partial charge in [-0.1, -0.05) is 23.2 Å². The molecule has 0 unspecified atom stereocenters. The number of benzene rings is 1. The predicted molar refractivity (Wildman–Crippen MR) is 78.6 cm³/mol. The molecule has 0 spiro atoms. The number of hydrogen-bond acceptors (Lipinski definition) is 4. The molecule has 0 fully saturated rings. The fraction of sp³-hybridized carbons (Fsp3) is 0.385. The highest BCUT2D eigenvalue weighted by molar-refractivity contribution is 6.30.